The Morgan fingerprint density at radius 2 is 1.75 bits per heavy atom. The molecule has 6 heteroatoms. The van der Waals surface area contributed by atoms with Crippen LogP contribution in [0.1, 0.15) is 15.9 Å². The standard InChI is InChI=1S/C18H15NO5/c1-23-13-8-7-10(9-14(13)24-2)16(20)15-17(21)11-5-3-4-6-12(11)19-18(15)22/h3-9H,1-2H3,(H2,19,21,22). The molecule has 0 amide bonds. The van der Waals surface area contributed by atoms with Crippen LogP contribution in [0.2, 0.25) is 0 Å². The number of carbonyl (C=O) groups excluding carboxylic acids is 1. The van der Waals surface area contributed by atoms with E-state index < -0.39 is 11.3 Å². The molecule has 1 heterocycles. The fourth-order valence-corrected chi connectivity index (χ4v) is 2.56. The van der Waals surface area contributed by atoms with Gasteiger partial charge in [-0.3, -0.25) is 9.59 Å². The summed E-state index contributed by atoms with van der Waals surface area (Å²) in [5.41, 5.74) is -0.278. The summed E-state index contributed by atoms with van der Waals surface area (Å²) >= 11 is 0. The molecule has 0 radical (unpaired) electrons. The number of carbonyl (C=O) groups is 1. The third-order valence-corrected chi connectivity index (χ3v) is 3.77. The number of fused-ring (bicyclic) bond motifs is 1. The molecule has 0 spiro atoms. The summed E-state index contributed by atoms with van der Waals surface area (Å²) in [6.07, 6.45) is 0. The highest BCUT2D eigenvalue weighted by molar-refractivity contribution is 6.13. The molecule has 0 aliphatic rings. The van der Waals surface area contributed by atoms with Gasteiger partial charge in [0.1, 0.15) is 11.3 Å². The average Bonchev–Trinajstić information content (AvgIpc) is 2.61. The monoisotopic (exact) mass is 325 g/mol. The van der Waals surface area contributed by atoms with Gasteiger partial charge in [-0.25, -0.2) is 0 Å². The molecule has 122 valence electrons. The molecule has 0 saturated heterocycles. The van der Waals surface area contributed by atoms with Crippen molar-refractivity contribution in [2.45, 2.75) is 0 Å². The first kappa shape index (κ1) is 15.6. The molecular formula is C18H15NO5. The largest absolute Gasteiger partial charge is 0.506 e. The van der Waals surface area contributed by atoms with Crippen molar-refractivity contribution < 1.29 is 19.4 Å². The summed E-state index contributed by atoms with van der Waals surface area (Å²) in [5, 5.41) is 10.8. The van der Waals surface area contributed by atoms with Gasteiger partial charge in [0, 0.05) is 10.9 Å². The van der Waals surface area contributed by atoms with Gasteiger partial charge >= 0.3 is 0 Å². The van der Waals surface area contributed by atoms with E-state index in [1.165, 1.54) is 26.4 Å². The number of aromatic amines is 1. The van der Waals surface area contributed by atoms with Gasteiger partial charge in [-0.05, 0) is 30.3 Å². The predicted octanol–water partition coefficient (Wildman–Crippen LogP) is 2.48. The maximum atomic E-state index is 12.7. The molecule has 1 aromatic heterocycles. The second-order valence-corrected chi connectivity index (χ2v) is 5.12. The maximum Gasteiger partial charge on any atom is 0.263 e. The second kappa shape index (κ2) is 6.08. The Morgan fingerprint density at radius 1 is 1.04 bits per heavy atom. The first-order valence-corrected chi connectivity index (χ1v) is 7.17. The average molecular weight is 325 g/mol. The lowest BCUT2D eigenvalue weighted by molar-refractivity contribution is 0.103. The molecule has 2 aromatic carbocycles. The summed E-state index contributed by atoms with van der Waals surface area (Å²) in [7, 11) is 2.94. The number of benzene rings is 2. The van der Waals surface area contributed by atoms with Crippen LogP contribution in [0.15, 0.2) is 47.3 Å². The van der Waals surface area contributed by atoms with E-state index in [2.05, 4.69) is 4.98 Å². The van der Waals surface area contributed by atoms with E-state index in [4.69, 9.17) is 9.47 Å². The van der Waals surface area contributed by atoms with Crippen LogP contribution in [0.5, 0.6) is 17.2 Å². The second-order valence-electron chi connectivity index (χ2n) is 5.12. The zero-order chi connectivity index (χ0) is 17.3. The predicted molar refractivity (Wildman–Crippen MR) is 89.2 cm³/mol. The summed E-state index contributed by atoms with van der Waals surface area (Å²) in [6.45, 7) is 0. The van der Waals surface area contributed by atoms with Crippen molar-refractivity contribution in [3.63, 3.8) is 0 Å². The molecule has 2 N–H and O–H groups in total. The van der Waals surface area contributed by atoms with Crippen LogP contribution >= 0.6 is 0 Å². The zero-order valence-corrected chi connectivity index (χ0v) is 13.1. The number of nitrogens with one attached hydrogen (secondary N) is 1. The fourth-order valence-electron chi connectivity index (χ4n) is 2.56. The van der Waals surface area contributed by atoms with Crippen molar-refractivity contribution >= 4 is 16.7 Å². The Hall–Kier alpha value is -3.28. The van der Waals surface area contributed by atoms with Crippen LogP contribution in [-0.4, -0.2) is 30.1 Å². The van der Waals surface area contributed by atoms with E-state index >= 15 is 0 Å². The third-order valence-electron chi connectivity index (χ3n) is 3.77. The molecule has 0 aliphatic carbocycles. The van der Waals surface area contributed by atoms with Gasteiger partial charge < -0.3 is 19.6 Å². The Kier molecular flexibility index (Phi) is 3.95. The SMILES string of the molecule is COc1ccc(C(=O)c2c(O)c3ccccc3[nH]c2=O)cc1OC. The van der Waals surface area contributed by atoms with Crippen LogP contribution in [0.25, 0.3) is 10.9 Å². The molecule has 3 rings (SSSR count). The van der Waals surface area contributed by atoms with Crippen LogP contribution in [0.4, 0.5) is 0 Å². The minimum atomic E-state index is -0.647. The smallest absolute Gasteiger partial charge is 0.263 e. The van der Waals surface area contributed by atoms with Crippen molar-refractivity contribution in [2.75, 3.05) is 14.2 Å². The molecule has 0 aliphatic heterocycles. The summed E-state index contributed by atoms with van der Waals surface area (Å²) in [4.78, 5) is 27.6. The zero-order valence-electron chi connectivity index (χ0n) is 13.1. The van der Waals surface area contributed by atoms with E-state index in [0.717, 1.165) is 0 Å². The number of aromatic hydroxyl groups is 1. The minimum absolute atomic E-state index is 0.212. The molecular weight excluding hydrogens is 310 g/mol. The Bertz CT molecular complexity index is 990. The number of aromatic nitrogens is 1. The summed E-state index contributed by atoms with van der Waals surface area (Å²) in [6, 6.07) is 11.3. The van der Waals surface area contributed by atoms with E-state index in [-0.39, 0.29) is 16.9 Å². The van der Waals surface area contributed by atoms with Gasteiger partial charge in [-0.1, -0.05) is 12.1 Å². The number of rotatable bonds is 4. The number of methoxy groups -OCH3 is 2. The summed E-state index contributed by atoms with van der Waals surface area (Å²) < 4.78 is 10.3. The lowest BCUT2D eigenvalue weighted by Gasteiger charge is -2.10. The number of para-hydroxylation sites is 1. The van der Waals surface area contributed by atoms with Gasteiger partial charge in [-0.2, -0.15) is 0 Å². The molecule has 0 fully saturated rings. The third kappa shape index (κ3) is 2.48. The van der Waals surface area contributed by atoms with Gasteiger partial charge in [-0.15, -0.1) is 0 Å². The van der Waals surface area contributed by atoms with Crippen molar-refractivity contribution in [2.24, 2.45) is 0 Å². The van der Waals surface area contributed by atoms with Gasteiger partial charge in [0.05, 0.1) is 19.7 Å². The van der Waals surface area contributed by atoms with Crippen molar-refractivity contribution in [1.29, 1.82) is 0 Å². The van der Waals surface area contributed by atoms with Gasteiger partial charge in [0.25, 0.3) is 5.56 Å². The first-order valence-electron chi connectivity index (χ1n) is 7.17. The van der Waals surface area contributed by atoms with Crippen LogP contribution < -0.4 is 15.0 Å². The Balaban J connectivity index is 2.17. The minimum Gasteiger partial charge on any atom is -0.506 e. The lowest BCUT2D eigenvalue weighted by Crippen LogP contribution is -2.19. The number of ether oxygens (including phenoxy) is 2. The molecule has 0 saturated carbocycles. The van der Waals surface area contributed by atoms with E-state index in [1.807, 2.05) is 0 Å². The topological polar surface area (TPSA) is 88.6 Å². The fraction of sp³-hybridized carbons (Fsp3) is 0.111. The Morgan fingerprint density at radius 3 is 2.46 bits per heavy atom. The normalized spacial score (nSPS) is 10.6. The highest BCUT2D eigenvalue weighted by Crippen LogP contribution is 2.30. The van der Waals surface area contributed by atoms with Gasteiger partial charge in [0.15, 0.2) is 11.5 Å². The quantitative estimate of drug-likeness (QED) is 0.719. The summed E-state index contributed by atoms with van der Waals surface area (Å²) in [5.74, 6) is -0.111. The Labute approximate surface area is 137 Å². The van der Waals surface area contributed by atoms with Gasteiger partial charge in [0.2, 0.25) is 5.78 Å². The number of hydrogen-bond acceptors (Lipinski definition) is 5. The molecule has 0 atom stereocenters. The molecule has 3 aromatic rings. The lowest BCUT2D eigenvalue weighted by atomic mass is 10.0. The van der Waals surface area contributed by atoms with Crippen LogP contribution in [0, 0.1) is 0 Å². The van der Waals surface area contributed by atoms with E-state index in [1.54, 1.807) is 30.3 Å². The molecule has 0 bridgehead atoms. The van der Waals surface area contributed by atoms with Crippen molar-refractivity contribution in [3.8, 4) is 17.2 Å². The highest BCUT2D eigenvalue weighted by atomic mass is 16.5. The number of hydrogen-bond donors (Lipinski definition) is 2. The maximum absolute atomic E-state index is 12.7. The number of ketones is 1. The van der Waals surface area contributed by atoms with Crippen LogP contribution in [0.3, 0.4) is 0 Å². The first-order chi connectivity index (χ1) is 11.6. The van der Waals surface area contributed by atoms with Crippen molar-refractivity contribution in [1.82, 2.24) is 4.98 Å². The molecule has 0 unspecified atom stereocenters. The number of pyridine rings is 1. The van der Waals surface area contributed by atoms with Crippen LogP contribution in [-0.2, 0) is 0 Å². The molecule has 24 heavy (non-hydrogen) atoms. The number of H-pyrrole nitrogens is 1. The van der Waals surface area contributed by atoms with E-state index in [9.17, 15) is 14.7 Å². The molecule has 6 nitrogen and oxygen atoms in total. The van der Waals surface area contributed by atoms with E-state index in [0.29, 0.717) is 22.4 Å². The highest BCUT2D eigenvalue weighted by Gasteiger charge is 2.21. The van der Waals surface area contributed by atoms with Crippen molar-refractivity contribution in [3.05, 3.63) is 63.9 Å².